The number of ether oxygens (including phenoxy) is 2. The summed E-state index contributed by atoms with van der Waals surface area (Å²) >= 11 is 0. The first-order valence-corrected chi connectivity index (χ1v) is 11.1. The van der Waals surface area contributed by atoms with Crippen molar-refractivity contribution in [2.24, 2.45) is 23.7 Å². The van der Waals surface area contributed by atoms with Gasteiger partial charge in [0, 0.05) is 12.1 Å². The zero-order chi connectivity index (χ0) is 23.3. The van der Waals surface area contributed by atoms with Gasteiger partial charge in [-0.15, -0.1) is 0 Å². The van der Waals surface area contributed by atoms with Gasteiger partial charge >= 0.3 is 12.2 Å². The molecular formula is C24H28F6O2. The number of allylic oxidation sites excluding steroid dienone is 2. The Kier molecular flexibility index (Phi) is 8.17. The zero-order valence-corrected chi connectivity index (χ0v) is 17.9. The van der Waals surface area contributed by atoms with Crippen molar-refractivity contribution in [3.05, 3.63) is 48.3 Å². The van der Waals surface area contributed by atoms with Crippen LogP contribution >= 0.6 is 0 Å². The van der Waals surface area contributed by atoms with E-state index in [1.807, 2.05) is 6.92 Å². The van der Waals surface area contributed by atoms with E-state index >= 15 is 0 Å². The van der Waals surface area contributed by atoms with Gasteiger partial charge in [0.25, 0.3) is 0 Å². The quantitative estimate of drug-likeness (QED) is 0.231. The minimum absolute atomic E-state index is 0.137. The lowest BCUT2D eigenvalue weighted by atomic mass is 9.69. The molecule has 0 unspecified atom stereocenters. The van der Waals surface area contributed by atoms with Crippen LogP contribution in [-0.4, -0.2) is 6.11 Å². The van der Waals surface area contributed by atoms with Gasteiger partial charge in [-0.2, -0.15) is 17.6 Å². The summed E-state index contributed by atoms with van der Waals surface area (Å²) in [4.78, 5) is 0. The molecule has 32 heavy (non-hydrogen) atoms. The Balaban J connectivity index is 1.56. The number of hydrogen-bond acceptors (Lipinski definition) is 2. The second kappa shape index (κ2) is 10.7. The normalized spacial score (nSPS) is 26.7. The maximum Gasteiger partial charge on any atom is 0.400 e. The molecule has 2 nitrogen and oxygen atoms in total. The fourth-order valence-corrected chi connectivity index (χ4v) is 5.06. The van der Waals surface area contributed by atoms with Crippen LogP contribution in [0.15, 0.2) is 36.6 Å². The van der Waals surface area contributed by atoms with Gasteiger partial charge in [0.2, 0.25) is 0 Å². The molecule has 0 amide bonds. The van der Waals surface area contributed by atoms with Crippen LogP contribution in [0.5, 0.6) is 11.5 Å². The van der Waals surface area contributed by atoms with Crippen molar-refractivity contribution in [1.29, 1.82) is 0 Å². The Morgan fingerprint density at radius 2 is 1.44 bits per heavy atom. The Morgan fingerprint density at radius 3 is 1.94 bits per heavy atom. The Labute approximate surface area is 184 Å². The summed E-state index contributed by atoms with van der Waals surface area (Å²) in [6.45, 7) is 2.02. The van der Waals surface area contributed by atoms with Gasteiger partial charge in [0.15, 0.2) is 23.6 Å². The molecule has 0 heterocycles. The van der Waals surface area contributed by atoms with Crippen molar-refractivity contribution in [2.75, 3.05) is 0 Å². The van der Waals surface area contributed by atoms with Gasteiger partial charge < -0.3 is 9.47 Å². The molecule has 2 saturated carbocycles. The van der Waals surface area contributed by atoms with Crippen LogP contribution in [0.4, 0.5) is 26.3 Å². The molecule has 0 spiro atoms. The third-order valence-corrected chi connectivity index (χ3v) is 6.69. The molecule has 2 aliphatic carbocycles. The smallest absolute Gasteiger partial charge is 0.400 e. The van der Waals surface area contributed by atoms with E-state index in [1.165, 1.54) is 0 Å². The van der Waals surface area contributed by atoms with Crippen molar-refractivity contribution in [3.63, 3.8) is 0 Å². The highest BCUT2D eigenvalue weighted by molar-refractivity contribution is 5.35. The predicted octanol–water partition coefficient (Wildman–Crippen LogP) is 8.24. The van der Waals surface area contributed by atoms with E-state index in [-0.39, 0.29) is 19.1 Å². The number of hydrogen-bond donors (Lipinski definition) is 0. The number of rotatable bonds is 7. The predicted molar refractivity (Wildman–Crippen MR) is 109 cm³/mol. The lowest BCUT2D eigenvalue weighted by Gasteiger charge is -2.39. The van der Waals surface area contributed by atoms with Crippen molar-refractivity contribution in [3.8, 4) is 11.5 Å². The van der Waals surface area contributed by atoms with E-state index in [4.69, 9.17) is 0 Å². The van der Waals surface area contributed by atoms with Crippen molar-refractivity contribution in [2.45, 2.75) is 64.4 Å². The standard InChI is InChI=1S/C24H28F6O2/c1-2-3-15-4-6-16(7-5-15)17-8-10-18(11-9-17)24(29,30)32-19-12-20(25)23(21(26)13-19)31-14-22(27)28/h2-3,12-18H,4-11H2,1H3. The molecule has 2 fully saturated rings. The molecule has 2 aliphatic rings. The van der Waals surface area contributed by atoms with Crippen LogP contribution < -0.4 is 9.47 Å². The van der Waals surface area contributed by atoms with Gasteiger partial charge in [-0.05, 0) is 76.0 Å². The van der Waals surface area contributed by atoms with Crippen molar-refractivity contribution in [1.82, 2.24) is 0 Å². The van der Waals surface area contributed by atoms with Gasteiger partial charge in [0.1, 0.15) is 5.75 Å². The van der Waals surface area contributed by atoms with Crippen LogP contribution in [-0.2, 0) is 0 Å². The molecule has 0 bridgehead atoms. The fourth-order valence-electron chi connectivity index (χ4n) is 5.06. The van der Waals surface area contributed by atoms with Crippen LogP contribution in [0.1, 0.15) is 58.3 Å². The van der Waals surface area contributed by atoms with Crippen LogP contribution in [0, 0.1) is 35.3 Å². The van der Waals surface area contributed by atoms with Gasteiger partial charge in [0.05, 0.1) is 5.92 Å². The highest BCUT2D eigenvalue weighted by Crippen LogP contribution is 2.46. The van der Waals surface area contributed by atoms with E-state index < -0.39 is 41.2 Å². The van der Waals surface area contributed by atoms with E-state index in [2.05, 4.69) is 21.6 Å². The molecule has 0 aliphatic heterocycles. The summed E-state index contributed by atoms with van der Waals surface area (Å²) in [5.74, 6) is -4.10. The van der Waals surface area contributed by atoms with Crippen LogP contribution in [0.25, 0.3) is 0 Å². The molecule has 178 valence electrons. The summed E-state index contributed by atoms with van der Waals surface area (Å²) < 4.78 is 90.3. The molecule has 3 rings (SSSR count). The summed E-state index contributed by atoms with van der Waals surface area (Å²) in [6.07, 6.45) is 4.72. The minimum atomic E-state index is -3.60. The van der Waals surface area contributed by atoms with Crippen LogP contribution in [0.2, 0.25) is 0 Å². The van der Waals surface area contributed by atoms with E-state index in [9.17, 15) is 26.3 Å². The third-order valence-electron chi connectivity index (χ3n) is 6.69. The second-order valence-electron chi connectivity index (χ2n) is 8.72. The average molecular weight is 462 g/mol. The molecular weight excluding hydrogens is 434 g/mol. The first kappa shape index (κ1) is 24.5. The monoisotopic (exact) mass is 462 g/mol. The highest BCUT2D eigenvalue weighted by Gasteiger charge is 2.45. The Hall–Kier alpha value is -2.12. The second-order valence-corrected chi connectivity index (χ2v) is 8.72. The van der Waals surface area contributed by atoms with E-state index in [0.717, 1.165) is 25.7 Å². The van der Waals surface area contributed by atoms with Crippen molar-refractivity contribution >= 4 is 0 Å². The van der Waals surface area contributed by atoms with E-state index in [1.54, 1.807) is 0 Å². The lowest BCUT2D eigenvalue weighted by Crippen LogP contribution is -2.38. The molecule has 0 N–H and O–H groups in total. The largest absolute Gasteiger partial charge is 0.453 e. The average Bonchev–Trinajstić information content (AvgIpc) is 2.73. The summed E-state index contributed by atoms with van der Waals surface area (Å²) in [5.41, 5.74) is 0. The molecule has 1 aromatic carbocycles. The molecule has 1 aromatic rings. The zero-order valence-electron chi connectivity index (χ0n) is 17.9. The van der Waals surface area contributed by atoms with Gasteiger partial charge in [-0.1, -0.05) is 12.2 Å². The fraction of sp³-hybridized carbons (Fsp3) is 0.583. The van der Waals surface area contributed by atoms with E-state index in [0.29, 0.717) is 42.7 Å². The highest BCUT2D eigenvalue weighted by atomic mass is 19.3. The maximum atomic E-state index is 14.7. The molecule has 0 radical (unpaired) electrons. The molecule has 0 aromatic heterocycles. The van der Waals surface area contributed by atoms with Crippen molar-refractivity contribution < 1.29 is 35.8 Å². The number of halogens is 6. The first-order valence-electron chi connectivity index (χ1n) is 11.1. The SMILES string of the molecule is CC=CC1CCC(C2CCC(C(F)(F)Oc3cc(F)c(OC=C(F)F)c(F)c3)CC2)CC1. The van der Waals surface area contributed by atoms with Crippen LogP contribution in [0.3, 0.4) is 0 Å². The molecule has 8 heteroatoms. The molecule has 0 atom stereocenters. The summed E-state index contributed by atoms with van der Waals surface area (Å²) in [6, 6.07) is 1.01. The number of alkyl halides is 2. The van der Waals surface area contributed by atoms with Gasteiger partial charge in [-0.25, -0.2) is 8.78 Å². The number of benzene rings is 1. The Morgan fingerprint density at radius 1 is 0.906 bits per heavy atom. The summed E-state index contributed by atoms with van der Waals surface area (Å²) in [7, 11) is 0. The molecule has 0 saturated heterocycles. The maximum absolute atomic E-state index is 14.7. The minimum Gasteiger partial charge on any atom is -0.453 e. The topological polar surface area (TPSA) is 18.5 Å². The third kappa shape index (κ3) is 6.23. The summed E-state index contributed by atoms with van der Waals surface area (Å²) in [5, 5.41) is 0. The van der Waals surface area contributed by atoms with Gasteiger partial charge in [-0.3, -0.25) is 0 Å². The first-order chi connectivity index (χ1) is 15.2. The lowest BCUT2D eigenvalue weighted by molar-refractivity contribution is -0.224. The Bertz CT molecular complexity index is 795.